The summed E-state index contributed by atoms with van der Waals surface area (Å²) >= 11 is 1.54. The number of aromatic nitrogens is 6. The Bertz CT molecular complexity index is 1070. The van der Waals surface area contributed by atoms with Crippen molar-refractivity contribution in [2.45, 2.75) is 25.8 Å². The number of thiazole rings is 1. The van der Waals surface area contributed by atoms with Gasteiger partial charge in [0.1, 0.15) is 16.5 Å². The summed E-state index contributed by atoms with van der Waals surface area (Å²) < 4.78 is 5.64. The van der Waals surface area contributed by atoms with Gasteiger partial charge in [0.15, 0.2) is 11.6 Å². The van der Waals surface area contributed by atoms with Gasteiger partial charge in [-0.3, -0.25) is 5.10 Å². The van der Waals surface area contributed by atoms with Crippen molar-refractivity contribution in [3.8, 4) is 10.7 Å². The Balaban J connectivity index is 1.39. The Morgan fingerprint density at radius 1 is 1.25 bits per heavy atom. The molecule has 10 heteroatoms. The molecule has 5 heterocycles. The molecule has 5 rings (SSSR count). The maximum Gasteiger partial charge on any atom is 0.227 e. The van der Waals surface area contributed by atoms with Crippen molar-refractivity contribution in [1.29, 1.82) is 0 Å². The molecule has 28 heavy (non-hydrogen) atoms. The Hall–Kier alpha value is -3.27. The SMILES string of the molecule is Cc1cc(Nc2ccnc(N3CCCC3c3cc(-c4nccs4)no3)n2)n[nH]1. The van der Waals surface area contributed by atoms with E-state index in [1.54, 1.807) is 23.7 Å². The Labute approximate surface area is 164 Å². The fourth-order valence-corrected chi connectivity index (χ4v) is 3.96. The zero-order valence-corrected chi connectivity index (χ0v) is 16.0. The van der Waals surface area contributed by atoms with Crippen molar-refractivity contribution in [2.75, 3.05) is 16.8 Å². The number of nitrogens with zero attached hydrogens (tertiary/aromatic N) is 6. The highest BCUT2D eigenvalue weighted by Crippen LogP contribution is 2.36. The smallest absolute Gasteiger partial charge is 0.227 e. The molecule has 0 spiro atoms. The fraction of sp³-hybridized carbons (Fsp3) is 0.278. The monoisotopic (exact) mass is 394 g/mol. The van der Waals surface area contributed by atoms with Gasteiger partial charge in [-0.15, -0.1) is 11.3 Å². The summed E-state index contributed by atoms with van der Waals surface area (Å²) in [4.78, 5) is 15.6. The van der Waals surface area contributed by atoms with Gasteiger partial charge in [0.2, 0.25) is 5.95 Å². The first-order chi connectivity index (χ1) is 13.8. The van der Waals surface area contributed by atoms with E-state index in [1.165, 1.54) is 0 Å². The maximum absolute atomic E-state index is 5.64. The number of H-pyrrole nitrogens is 1. The lowest BCUT2D eigenvalue weighted by Crippen LogP contribution is -2.24. The van der Waals surface area contributed by atoms with Crippen LogP contribution in [0.25, 0.3) is 10.7 Å². The number of aryl methyl sites for hydroxylation is 1. The van der Waals surface area contributed by atoms with Crippen molar-refractivity contribution in [2.24, 2.45) is 0 Å². The van der Waals surface area contributed by atoms with Crippen LogP contribution in [0.15, 0.2) is 40.5 Å². The van der Waals surface area contributed by atoms with Crippen molar-refractivity contribution in [3.05, 3.63) is 47.4 Å². The molecule has 9 nitrogen and oxygen atoms in total. The Morgan fingerprint density at radius 3 is 3.04 bits per heavy atom. The van der Waals surface area contributed by atoms with Crippen LogP contribution in [0.5, 0.6) is 0 Å². The van der Waals surface area contributed by atoms with Gasteiger partial charge in [0.05, 0.1) is 6.04 Å². The lowest BCUT2D eigenvalue weighted by atomic mass is 10.1. The van der Waals surface area contributed by atoms with Crippen molar-refractivity contribution in [3.63, 3.8) is 0 Å². The Morgan fingerprint density at radius 2 is 2.21 bits per heavy atom. The number of hydrogen-bond donors (Lipinski definition) is 2. The van der Waals surface area contributed by atoms with E-state index in [9.17, 15) is 0 Å². The minimum Gasteiger partial charge on any atom is -0.358 e. The van der Waals surface area contributed by atoms with Crippen LogP contribution in [0, 0.1) is 6.92 Å². The molecule has 1 atom stereocenters. The van der Waals surface area contributed by atoms with E-state index in [0.717, 1.165) is 47.4 Å². The van der Waals surface area contributed by atoms with E-state index in [2.05, 4.69) is 40.5 Å². The minimum atomic E-state index is 0.0593. The highest BCUT2D eigenvalue weighted by molar-refractivity contribution is 7.13. The first-order valence-electron chi connectivity index (χ1n) is 9.01. The first kappa shape index (κ1) is 16.9. The molecule has 0 saturated carbocycles. The van der Waals surface area contributed by atoms with Crippen LogP contribution in [0.4, 0.5) is 17.6 Å². The van der Waals surface area contributed by atoms with Crippen LogP contribution in [-0.4, -0.2) is 36.9 Å². The van der Waals surface area contributed by atoms with Gasteiger partial charge in [-0.05, 0) is 25.8 Å². The highest BCUT2D eigenvalue weighted by Gasteiger charge is 2.31. The normalized spacial score (nSPS) is 16.6. The van der Waals surface area contributed by atoms with Crippen LogP contribution < -0.4 is 10.2 Å². The van der Waals surface area contributed by atoms with Gasteiger partial charge in [-0.2, -0.15) is 10.1 Å². The minimum absolute atomic E-state index is 0.0593. The highest BCUT2D eigenvalue weighted by atomic mass is 32.1. The van der Waals surface area contributed by atoms with Gasteiger partial charge in [-0.1, -0.05) is 5.16 Å². The third kappa shape index (κ3) is 3.22. The van der Waals surface area contributed by atoms with E-state index in [0.29, 0.717) is 11.8 Å². The topological polar surface area (TPSA) is 109 Å². The number of rotatable bonds is 5. The summed E-state index contributed by atoms with van der Waals surface area (Å²) in [5.74, 6) is 2.89. The molecule has 4 aromatic rings. The summed E-state index contributed by atoms with van der Waals surface area (Å²) in [5, 5.41) is 17.3. The number of nitrogens with one attached hydrogen (secondary N) is 2. The molecule has 1 fully saturated rings. The molecule has 1 saturated heterocycles. The summed E-state index contributed by atoms with van der Waals surface area (Å²) in [6.07, 6.45) is 5.52. The maximum atomic E-state index is 5.64. The number of aromatic amines is 1. The molecule has 0 aliphatic carbocycles. The molecule has 2 N–H and O–H groups in total. The molecule has 142 valence electrons. The Kier molecular flexibility index (Phi) is 4.24. The second kappa shape index (κ2) is 7.04. The zero-order chi connectivity index (χ0) is 18.9. The van der Waals surface area contributed by atoms with E-state index < -0.39 is 0 Å². The molecule has 1 aliphatic rings. The average Bonchev–Trinajstić information content (AvgIpc) is 3.48. The lowest BCUT2D eigenvalue weighted by molar-refractivity contribution is 0.362. The van der Waals surface area contributed by atoms with Crippen LogP contribution in [0.2, 0.25) is 0 Å². The molecule has 0 radical (unpaired) electrons. The summed E-state index contributed by atoms with van der Waals surface area (Å²) in [5.41, 5.74) is 1.75. The standard InChI is InChI=1S/C18H18N8OS/c1-11-9-16(24-23-11)21-15-4-5-20-18(22-15)26-7-2-3-13(26)14-10-12(25-27-14)17-19-6-8-28-17/h4-6,8-10,13H,2-3,7H2,1H3,(H2,20,21,22,23,24). The molecule has 4 aromatic heterocycles. The molecular weight excluding hydrogens is 376 g/mol. The summed E-state index contributed by atoms with van der Waals surface area (Å²) in [6.45, 7) is 2.82. The molecular formula is C18H18N8OS. The third-order valence-electron chi connectivity index (χ3n) is 4.62. The van der Waals surface area contributed by atoms with Crippen LogP contribution >= 0.6 is 11.3 Å². The number of hydrogen-bond acceptors (Lipinski definition) is 9. The zero-order valence-electron chi connectivity index (χ0n) is 15.2. The van der Waals surface area contributed by atoms with Gasteiger partial charge in [-0.25, -0.2) is 9.97 Å². The molecule has 0 aromatic carbocycles. The van der Waals surface area contributed by atoms with Crippen LogP contribution in [0.1, 0.15) is 30.3 Å². The van der Waals surface area contributed by atoms with Crippen LogP contribution in [0.3, 0.4) is 0 Å². The van der Waals surface area contributed by atoms with Crippen molar-refractivity contribution >= 4 is 28.9 Å². The lowest BCUT2D eigenvalue weighted by Gasteiger charge is -2.22. The second-order valence-corrected chi connectivity index (χ2v) is 7.50. The van der Waals surface area contributed by atoms with E-state index >= 15 is 0 Å². The van der Waals surface area contributed by atoms with Crippen molar-refractivity contribution in [1.82, 2.24) is 30.3 Å². The predicted octanol–water partition coefficient (Wildman–Crippen LogP) is 3.70. The average molecular weight is 394 g/mol. The number of anilines is 3. The van der Waals surface area contributed by atoms with E-state index in [-0.39, 0.29) is 6.04 Å². The molecule has 1 aliphatic heterocycles. The second-order valence-electron chi connectivity index (χ2n) is 6.61. The predicted molar refractivity (Wildman–Crippen MR) is 106 cm³/mol. The largest absolute Gasteiger partial charge is 0.358 e. The van der Waals surface area contributed by atoms with Crippen molar-refractivity contribution < 1.29 is 4.52 Å². The molecule has 0 bridgehead atoms. The molecule has 0 amide bonds. The van der Waals surface area contributed by atoms with Gasteiger partial charge in [0, 0.05) is 42.1 Å². The molecule has 1 unspecified atom stereocenters. The van der Waals surface area contributed by atoms with Gasteiger partial charge < -0.3 is 14.7 Å². The quantitative estimate of drug-likeness (QED) is 0.527. The van der Waals surface area contributed by atoms with Gasteiger partial charge in [0.25, 0.3) is 0 Å². The van der Waals surface area contributed by atoms with Gasteiger partial charge >= 0.3 is 0 Å². The fourth-order valence-electron chi connectivity index (χ4n) is 3.37. The van der Waals surface area contributed by atoms with Crippen LogP contribution in [-0.2, 0) is 0 Å². The third-order valence-corrected chi connectivity index (χ3v) is 5.42. The van der Waals surface area contributed by atoms with E-state index in [4.69, 9.17) is 4.52 Å². The summed E-state index contributed by atoms with van der Waals surface area (Å²) in [7, 11) is 0. The summed E-state index contributed by atoms with van der Waals surface area (Å²) in [6, 6.07) is 5.78. The van der Waals surface area contributed by atoms with E-state index in [1.807, 2.05) is 30.5 Å². The first-order valence-corrected chi connectivity index (χ1v) is 9.89.